The third kappa shape index (κ3) is 3.38. The molecule has 1 aromatic heterocycles. The van der Waals surface area contributed by atoms with Crippen LogP contribution in [0.25, 0.3) is 0 Å². The first kappa shape index (κ1) is 13.7. The third-order valence-corrected chi connectivity index (χ3v) is 3.12. The molecule has 19 heavy (non-hydrogen) atoms. The number of hydrogen-bond donors (Lipinski definition) is 1. The Bertz CT molecular complexity index is 545. The van der Waals surface area contributed by atoms with Crippen LogP contribution >= 0.6 is 11.6 Å². The molecule has 0 bridgehead atoms. The Morgan fingerprint density at radius 1 is 1.26 bits per heavy atom. The molecular weight excluding hydrogens is 260 g/mol. The average Bonchev–Trinajstić information content (AvgIpc) is 2.42. The van der Waals surface area contributed by atoms with Crippen LogP contribution in [-0.2, 0) is 0 Å². The summed E-state index contributed by atoms with van der Waals surface area (Å²) in [5.74, 6) is 0.894. The van der Waals surface area contributed by atoms with Gasteiger partial charge in [-0.25, -0.2) is 4.98 Å². The molecule has 1 aromatic carbocycles. The van der Waals surface area contributed by atoms with E-state index in [1.54, 1.807) is 6.20 Å². The van der Waals surface area contributed by atoms with Crippen LogP contribution in [0.4, 0.5) is 5.69 Å². The zero-order chi connectivity index (χ0) is 13.7. The number of para-hydroxylation sites is 1. The van der Waals surface area contributed by atoms with Gasteiger partial charge in [0.15, 0.2) is 5.15 Å². The highest BCUT2D eigenvalue weighted by Crippen LogP contribution is 2.29. The van der Waals surface area contributed by atoms with Crippen LogP contribution in [0.15, 0.2) is 42.6 Å². The number of benzene rings is 1. The zero-order valence-corrected chi connectivity index (χ0v) is 11.8. The van der Waals surface area contributed by atoms with Crippen molar-refractivity contribution >= 4 is 17.3 Å². The maximum absolute atomic E-state index is 6.05. The Kier molecular flexibility index (Phi) is 4.63. The standard InChI is InChI=1S/C15H17ClN2O/c1-3-19-14-9-5-4-7-12(14)11(2)18-13-8-6-10-17-15(13)16/h4-11,18H,3H2,1-2H3. The molecule has 3 nitrogen and oxygen atoms in total. The lowest BCUT2D eigenvalue weighted by Gasteiger charge is -2.19. The molecule has 0 saturated heterocycles. The number of hydrogen-bond acceptors (Lipinski definition) is 3. The molecule has 2 aromatic rings. The van der Waals surface area contributed by atoms with E-state index < -0.39 is 0 Å². The van der Waals surface area contributed by atoms with Gasteiger partial charge in [0.25, 0.3) is 0 Å². The number of rotatable bonds is 5. The summed E-state index contributed by atoms with van der Waals surface area (Å²) in [5, 5.41) is 3.83. The number of aromatic nitrogens is 1. The van der Waals surface area contributed by atoms with Gasteiger partial charge in [-0.15, -0.1) is 0 Å². The van der Waals surface area contributed by atoms with E-state index in [-0.39, 0.29) is 6.04 Å². The second kappa shape index (κ2) is 6.43. The number of anilines is 1. The van der Waals surface area contributed by atoms with Gasteiger partial charge >= 0.3 is 0 Å². The lowest BCUT2D eigenvalue weighted by atomic mass is 10.1. The van der Waals surface area contributed by atoms with E-state index in [1.165, 1.54) is 0 Å². The fourth-order valence-electron chi connectivity index (χ4n) is 1.93. The van der Waals surface area contributed by atoms with E-state index in [0.29, 0.717) is 11.8 Å². The molecule has 0 radical (unpaired) electrons. The van der Waals surface area contributed by atoms with E-state index in [0.717, 1.165) is 17.0 Å². The zero-order valence-electron chi connectivity index (χ0n) is 11.1. The van der Waals surface area contributed by atoms with Gasteiger partial charge in [-0.1, -0.05) is 29.8 Å². The molecule has 100 valence electrons. The van der Waals surface area contributed by atoms with Gasteiger partial charge < -0.3 is 10.1 Å². The van der Waals surface area contributed by atoms with Crippen molar-refractivity contribution < 1.29 is 4.74 Å². The average molecular weight is 277 g/mol. The van der Waals surface area contributed by atoms with Gasteiger partial charge in [0, 0.05) is 11.8 Å². The molecule has 4 heteroatoms. The number of ether oxygens (including phenoxy) is 1. The molecule has 2 rings (SSSR count). The van der Waals surface area contributed by atoms with E-state index in [2.05, 4.69) is 17.2 Å². The SMILES string of the molecule is CCOc1ccccc1C(C)Nc1cccnc1Cl. The monoisotopic (exact) mass is 276 g/mol. The second-order valence-corrected chi connectivity index (χ2v) is 4.54. The van der Waals surface area contributed by atoms with Crippen molar-refractivity contribution in [3.63, 3.8) is 0 Å². The molecule has 0 aliphatic carbocycles. The van der Waals surface area contributed by atoms with Gasteiger partial charge in [0.05, 0.1) is 18.3 Å². The minimum atomic E-state index is 0.0875. The van der Waals surface area contributed by atoms with Crippen LogP contribution < -0.4 is 10.1 Å². The fourth-order valence-corrected chi connectivity index (χ4v) is 2.10. The van der Waals surface area contributed by atoms with E-state index in [4.69, 9.17) is 16.3 Å². The van der Waals surface area contributed by atoms with Crippen molar-refractivity contribution in [2.45, 2.75) is 19.9 Å². The highest BCUT2D eigenvalue weighted by molar-refractivity contribution is 6.31. The second-order valence-electron chi connectivity index (χ2n) is 4.18. The Labute approximate surface area is 118 Å². The van der Waals surface area contributed by atoms with Crippen molar-refractivity contribution in [2.75, 3.05) is 11.9 Å². The first-order valence-electron chi connectivity index (χ1n) is 6.31. The predicted octanol–water partition coefficient (Wildman–Crippen LogP) is 4.31. The molecule has 1 atom stereocenters. The summed E-state index contributed by atoms with van der Waals surface area (Å²) in [6, 6.07) is 11.8. The Morgan fingerprint density at radius 2 is 2.05 bits per heavy atom. The van der Waals surface area contributed by atoms with E-state index in [9.17, 15) is 0 Å². The normalized spacial score (nSPS) is 11.9. The van der Waals surface area contributed by atoms with Crippen LogP contribution in [0.2, 0.25) is 5.15 Å². The van der Waals surface area contributed by atoms with Crippen molar-refractivity contribution in [1.82, 2.24) is 4.98 Å². The summed E-state index contributed by atoms with van der Waals surface area (Å²) < 4.78 is 5.64. The molecule has 1 unspecified atom stereocenters. The first-order chi connectivity index (χ1) is 9.22. The molecule has 0 amide bonds. The van der Waals surface area contributed by atoms with Crippen molar-refractivity contribution in [1.29, 1.82) is 0 Å². The Balaban J connectivity index is 2.20. The first-order valence-corrected chi connectivity index (χ1v) is 6.69. The van der Waals surface area contributed by atoms with E-state index in [1.807, 2.05) is 43.3 Å². The highest BCUT2D eigenvalue weighted by Gasteiger charge is 2.12. The molecule has 0 fully saturated rings. The molecule has 0 spiro atoms. The highest BCUT2D eigenvalue weighted by atomic mass is 35.5. The number of nitrogens with one attached hydrogen (secondary N) is 1. The van der Waals surface area contributed by atoms with Gasteiger partial charge in [-0.3, -0.25) is 0 Å². The molecule has 1 heterocycles. The lowest BCUT2D eigenvalue weighted by Crippen LogP contribution is -2.09. The molecule has 0 saturated carbocycles. The van der Waals surface area contributed by atoms with Crippen LogP contribution in [0, 0.1) is 0 Å². The summed E-state index contributed by atoms with van der Waals surface area (Å²) in [4.78, 5) is 4.06. The summed E-state index contributed by atoms with van der Waals surface area (Å²) >= 11 is 6.05. The minimum Gasteiger partial charge on any atom is -0.494 e. The van der Waals surface area contributed by atoms with Gasteiger partial charge in [0.2, 0.25) is 0 Å². The number of nitrogens with zero attached hydrogens (tertiary/aromatic N) is 1. The van der Waals surface area contributed by atoms with Crippen LogP contribution in [0.3, 0.4) is 0 Å². The van der Waals surface area contributed by atoms with Crippen LogP contribution in [-0.4, -0.2) is 11.6 Å². The summed E-state index contributed by atoms with van der Waals surface area (Å²) in [7, 11) is 0. The number of halogens is 1. The molecular formula is C15H17ClN2O. The van der Waals surface area contributed by atoms with Gasteiger partial charge in [-0.2, -0.15) is 0 Å². The van der Waals surface area contributed by atoms with Crippen molar-refractivity contribution in [3.8, 4) is 5.75 Å². The topological polar surface area (TPSA) is 34.1 Å². The lowest BCUT2D eigenvalue weighted by molar-refractivity contribution is 0.335. The maximum Gasteiger partial charge on any atom is 0.152 e. The third-order valence-electron chi connectivity index (χ3n) is 2.82. The molecule has 0 aliphatic heterocycles. The van der Waals surface area contributed by atoms with Crippen molar-refractivity contribution in [3.05, 3.63) is 53.3 Å². The molecule has 1 N–H and O–H groups in total. The van der Waals surface area contributed by atoms with Gasteiger partial charge in [0.1, 0.15) is 5.75 Å². The van der Waals surface area contributed by atoms with E-state index >= 15 is 0 Å². The quantitative estimate of drug-likeness (QED) is 0.827. The fraction of sp³-hybridized carbons (Fsp3) is 0.267. The van der Waals surface area contributed by atoms with Gasteiger partial charge in [-0.05, 0) is 32.0 Å². The maximum atomic E-state index is 6.05. The summed E-state index contributed by atoms with van der Waals surface area (Å²) in [5.41, 5.74) is 1.92. The summed E-state index contributed by atoms with van der Waals surface area (Å²) in [6.07, 6.45) is 1.67. The van der Waals surface area contributed by atoms with Crippen molar-refractivity contribution in [2.24, 2.45) is 0 Å². The minimum absolute atomic E-state index is 0.0875. The Morgan fingerprint density at radius 3 is 2.79 bits per heavy atom. The smallest absolute Gasteiger partial charge is 0.152 e. The Hall–Kier alpha value is -1.74. The van der Waals surface area contributed by atoms with Crippen LogP contribution in [0.5, 0.6) is 5.75 Å². The predicted molar refractivity (Wildman–Crippen MR) is 78.9 cm³/mol. The van der Waals surface area contributed by atoms with Crippen LogP contribution in [0.1, 0.15) is 25.5 Å². The number of pyridine rings is 1. The summed E-state index contributed by atoms with van der Waals surface area (Å²) in [6.45, 7) is 4.70. The largest absolute Gasteiger partial charge is 0.494 e. The molecule has 0 aliphatic rings.